The molecule has 5 nitrogen and oxygen atoms in total. The van der Waals surface area contributed by atoms with Crippen molar-refractivity contribution in [1.82, 2.24) is 0 Å². The molecular formula is C17H13NO4. The standard InChI is InChI=1S/C17H13NO4/c19-17(20)13-5-4-11-2-1-3-15(16(11)10-13)12-6-8-14(9-7-12)18(21)22/h3-10H,1-2H2,(H,19,20). The predicted molar refractivity (Wildman–Crippen MR) is 81.9 cm³/mol. The topological polar surface area (TPSA) is 80.4 Å². The molecule has 0 saturated heterocycles. The first kappa shape index (κ1) is 14.0. The molecule has 2 aromatic rings. The second-order valence-electron chi connectivity index (χ2n) is 5.14. The molecule has 5 heteroatoms. The number of non-ortho nitro benzene ring substituents is 1. The summed E-state index contributed by atoms with van der Waals surface area (Å²) in [6, 6.07) is 11.5. The number of carbonyl (C=O) groups is 1. The summed E-state index contributed by atoms with van der Waals surface area (Å²) in [6.07, 6.45) is 3.78. The third-order valence-electron chi connectivity index (χ3n) is 3.80. The second-order valence-corrected chi connectivity index (χ2v) is 5.14. The average Bonchev–Trinajstić information content (AvgIpc) is 2.53. The third-order valence-corrected chi connectivity index (χ3v) is 3.80. The van der Waals surface area contributed by atoms with Gasteiger partial charge in [0.05, 0.1) is 10.5 Å². The first-order chi connectivity index (χ1) is 10.6. The molecule has 1 N–H and O–H groups in total. The van der Waals surface area contributed by atoms with Gasteiger partial charge in [-0.25, -0.2) is 4.79 Å². The van der Waals surface area contributed by atoms with Crippen molar-refractivity contribution in [2.45, 2.75) is 12.8 Å². The van der Waals surface area contributed by atoms with Gasteiger partial charge in [0.25, 0.3) is 5.69 Å². The SMILES string of the molecule is O=C(O)c1ccc2c(c1)C(c1ccc([N+](=O)[O-])cc1)=CCC2. The number of allylic oxidation sites excluding steroid dienone is 1. The Balaban J connectivity index is 2.06. The van der Waals surface area contributed by atoms with Gasteiger partial charge in [0.15, 0.2) is 0 Å². The summed E-state index contributed by atoms with van der Waals surface area (Å²) in [5.41, 5.74) is 4.06. The van der Waals surface area contributed by atoms with E-state index in [9.17, 15) is 14.9 Å². The number of benzene rings is 2. The van der Waals surface area contributed by atoms with Gasteiger partial charge < -0.3 is 5.11 Å². The summed E-state index contributed by atoms with van der Waals surface area (Å²) >= 11 is 0. The number of rotatable bonds is 3. The number of fused-ring (bicyclic) bond motifs is 1. The lowest BCUT2D eigenvalue weighted by Gasteiger charge is -2.18. The maximum absolute atomic E-state index is 11.2. The Bertz CT molecular complexity index is 791. The van der Waals surface area contributed by atoms with Gasteiger partial charge in [-0.1, -0.05) is 12.1 Å². The number of hydrogen-bond acceptors (Lipinski definition) is 3. The maximum atomic E-state index is 11.2. The van der Waals surface area contributed by atoms with Crippen LogP contribution in [0.3, 0.4) is 0 Å². The van der Waals surface area contributed by atoms with Crippen LogP contribution in [0.2, 0.25) is 0 Å². The van der Waals surface area contributed by atoms with Crippen LogP contribution in [-0.4, -0.2) is 16.0 Å². The van der Waals surface area contributed by atoms with Gasteiger partial charge >= 0.3 is 5.97 Å². The van der Waals surface area contributed by atoms with Crippen molar-refractivity contribution in [2.75, 3.05) is 0 Å². The van der Waals surface area contributed by atoms with E-state index in [4.69, 9.17) is 5.11 Å². The largest absolute Gasteiger partial charge is 0.478 e. The summed E-state index contributed by atoms with van der Waals surface area (Å²) < 4.78 is 0. The molecule has 0 saturated carbocycles. The van der Waals surface area contributed by atoms with Gasteiger partial charge in [0, 0.05) is 12.1 Å². The molecule has 1 aliphatic carbocycles. The molecule has 0 bridgehead atoms. The number of hydrogen-bond donors (Lipinski definition) is 1. The minimum atomic E-state index is -0.962. The molecule has 3 rings (SSSR count). The molecule has 0 fully saturated rings. The molecule has 110 valence electrons. The van der Waals surface area contributed by atoms with Crippen LogP contribution in [0.1, 0.15) is 33.5 Å². The van der Waals surface area contributed by atoms with E-state index >= 15 is 0 Å². The highest BCUT2D eigenvalue weighted by Gasteiger charge is 2.17. The number of carboxylic acids is 1. The Hall–Kier alpha value is -2.95. The molecule has 0 aliphatic heterocycles. The van der Waals surface area contributed by atoms with Crippen LogP contribution in [0.4, 0.5) is 5.69 Å². The molecule has 0 radical (unpaired) electrons. The van der Waals surface area contributed by atoms with Crippen LogP contribution in [0.25, 0.3) is 5.57 Å². The molecule has 0 heterocycles. The number of aromatic carboxylic acids is 1. The lowest BCUT2D eigenvalue weighted by molar-refractivity contribution is -0.384. The van der Waals surface area contributed by atoms with Gasteiger partial charge in [-0.2, -0.15) is 0 Å². The van der Waals surface area contributed by atoms with Crippen LogP contribution in [0, 0.1) is 10.1 Å². The van der Waals surface area contributed by atoms with Crippen molar-refractivity contribution in [3.05, 3.63) is 80.9 Å². The zero-order valence-electron chi connectivity index (χ0n) is 11.7. The van der Waals surface area contributed by atoms with Crippen LogP contribution >= 0.6 is 0 Å². The zero-order valence-corrected chi connectivity index (χ0v) is 11.7. The van der Waals surface area contributed by atoms with E-state index in [-0.39, 0.29) is 11.3 Å². The average molecular weight is 295 g/mol. The van der Waals surface area contributed by atoms with Gasteiger partial charge in [0.2, 0.25) is 0 Å². The summed E-state index contributed by atoms with van der Waals surface area (Å²) in [5, 5.41) is 19.9. The second kappa shape index (κ2) is 5.44. The first-order valence-electron chi connectivity index (χ1n) is 6.88. The lowest BCUT2D eigenvalue weighted by atomic mass is 9.86. The van der Waals surface area contributed by atoms with Crippen molar-refractivity contribution in [3.8, 4) is 0 Å². The number of nitro benzene ring substituents is 1. The molecule has 0 spiro atoms. The Morgan fingerprint density at radius 1 is 1.14 bits per heavy atom. The molecule has 0 unspecified atom stereocenters. The van der Waals surface area contributed by atoms with Crippen LogP contribution < -0.4 is 0 Å². The van der Waals surface area contributed by atoms with E-state index in [0.717, 1.165) is 35.1 Å². The van der Waals surface area contributed by atoms with Crippen molar-refractivity contribution >= 4 is 17.2 Å². The summed E-state index contributed by atoms with van der Waals surface area (Å²) in [7, 11) is 0. The summed E-state index contributed by atoms with van der Waals surface area (Å²) in [4.78, 5) is 21.5. The molecule has 0 atom stereocenters. The van der Waals surface area contributed by atoms with Gasteiger partial charge in [0.1, 0.15) is 0 Å². The van der Waals surface area contributed by atoms with Crippen molar-refractivity contribution in [2.24, 2.45) is 0 Å². The van der Waals surface area contributed by atoms with E-state index in [1.54, 1.807) is 24.3 Å². The minimum absolute atomic E-state index is 0.0414. The molecule has 1 aliphatic rings. The van der Waals surface area contributed by atoms with E-state index in [0.29, 0.717) is 0 Å². The lowest BCUT2D eigenvalue weighted by Crippen LogP contribution is -2.05. The monoisotopic (exact) mass is 295 g/mol. The number of nitrogens with zero attached hydrogens (tertiary/aromatic N) is 1. The summed E-state index contributed by atoms with van der Waals surface area (Å²) in [6.45, 7) is 0. The molecule has 0 amide bonds. The molecular weight excluding hydrogens is 282 g/mol. The quantitative estimate of drug-likeness (QED) is 0.692. The van der Waals surface area contributed by atoms with Gasteiger partial charge in [-0.3, -0.25) is 10.1 Å². The normalized spacial score (nSPS) is 13.2. The number of aryl methyl sites for hydroxylation is 1. The Morgan fingerprint density at radius 2 is 1.86 bits per heavy atom. The Kier molecular flexibility index (Phi) is 3.47. The Labute approximate surface area is 126 Å². The van der Waals surface area contributed by atoms with Crippen LogP contribution in [0.5, 0.6) is 0 Å². The molecule has 22 heavy (non-hydrogen) atoms. The van der Waals surface area contributed by atoms with Crippen LogP contribution in [0.15, 0.2) is 48.5 Å². The van der Waals surface area contributed by atoms with E-state index < -0.39 is 10.9 Å². The highest BCUT2D eigenvalue weighted by molar-refractivity contribution is 5.91. The molecule has 0 aromatic heterocycles. The van der Waals surface area contributed by atoms with Gasteiger partial charge in [-0.05, 0) is 59.4 Å². The first-order valence-corrected chi connectivity index (χ1v) is 6.88. The van der Waals surface area contributed by atoms with E-state index in [1.807, 2.05) is 6.07 Å². The minimum Gasteiger partial charge on any atom is -0.478 e. The number of nitro groups is 1. The van der Waals surface area contributed by atoms with Crippen molar-refractivity contribution in [1.29, 1.82) is 0 Å². The smallest absolute Gasteiger partial charge is 0.335 e. The van der Waals surface area contributed by atoms with E-state index in [1.165, 1.54) is 12.1 Å². The summed E-state index contributed by atoms with van der Waals surface area (Å²) in [5.74, 6) is -0.962. The Morgan fingerprint density at radius 3 is 2.50 bits per heavy atom. The molecule has 2 aromatic carbocycles. The van der Waals surface area contributed by atoms with Crippen molar-refractivity contribution in [3.63, 3.8) is 0 Å². The predicted octanol–water partition coefficient (Wildman–Crippen LogP) is 3.67. The van der Waals surface area contributed by atoms with Crippen LogP contribution in [-0.2, 0) is 6.42 Å². The zero-order chi connectivity index (χ0) is 15.7. The number of carboxylic acid groups (broad SMARTS) is 1. The highest BCUT2D eigenvalue weighted by atomic mass is 16.6. The highest BCUT2D eigenvalue weighted by Crippen LogP contribution is 2.33. The fourth-order valence-corrected chi connectivity index (χ4v) is 2.70. The maximum Gasteiger partial charge on any atom is 0.335 e. The third kappa shape index (κ3) is 2.48. The van der Waals surface area contributed by atoms with Gasteiger partial charge in [-0.15, -0.1) is 0 Å². The van der Waals surface area contributed by atoms with E-state index in [2.05, 4.69) is 6.08 Å². The fraction of sp³-hybridized carbons (Fsp3) is 0.118. The fourth-order valence-electron chi connectivity index (χ4n) is 2.70. The van der Waals surface area contributed by atoms with Crippen molar-refractivity contribution < 1.29 is 14.8 Å².